The fourth-order valence-corrected chi connectivity index (χ4v) is 5.47. The minimum atomic E-state index is -0.887. The zero-order chi connectivity index (χ0) is 33.2. The van der Waals surface area contributed by atoms with Gasteiger partial charge in [0.25, 0.3) is 5.91 Å². The number of hydrogen-bond donors (Lipinski definition) is 2. The Kier molecular flexibility index (Phi) is 11.9. The molecule has 3 aromatic rings. The Labute approximate surface area is 270 Å². The van der Waals surface area contributed by atoms with Gasteiger partial charge in [0.2, 0.25) is 17.7 Å². The van der Waals surface area contributed by atoms with Crippen molar-refractivity contribution in [1.29, 1.82) is 0 Å². The summed E-state index contributed by atoms with van der Waals surface area (Å²) in [6.07, 6.45) is 1.60. The highest BCUT2D eigenvalue weighted by molar-refractivity contribution is 5.96. The lowest BCUT2D eigenvalue weighted by Crippen LogP contribution is -2.54. The molecular formula is C36H43FN4O5. The Morgan fingerprint density at radius 1 is 0.978 bits per heavy atom. The molecule has 0 aliphatic carbocycles. The van der Waals surface area contributed by atoms with Crippen LogP contribution in [0.15, 0.2) is 66.7 Å². The van der Waals surface area contributed by atoms with Gasteiger partial charge in [-0.25, -0.2) is 4.39 Å². The molecule has 0 unspecified atom stereocenters. The molecule has 0 saturated carbocycles. The molecule has 10 heteroatoms. The summed E-state index contributed by atoms with van der Waals surface area (Å²) in [6.45, 7) is 4.33. The van der Waals surface area contributed by atoms with Gasteiger partial charge in [-0.05, 0) is 79.6 Å². The average molecular weight is 631 g/mol. The maximum Gasteiger partial charge on any atom is 0.254 e. The molecule has 244 valence electrons. The highest BCUT2D eigenvalue weighted by Gasteiger charge is 2.30. The second-order valence-corrected chi connectivity index (χ2v) is 11.8. The Morgan fingerprint density at radius 2 is 1.67 bits per heavy atom. The summed E-state index contributed by atoms with van der Waals surface area (Å²) in [5, 5.41) is 5.76. The molecule has 4 rings (SSSR count). The maximum atomic E-state index is 14.3. The van der Waals surface area contributed by atoms with Crippen molar-refractivity contribution in [3.63, 3.8) is 0 Å². The summed E-state index contributed by atoms with van der Waals surface area (Å²) >= 11 is 0. The molecular weight excluding hydrogens is 587 g/mol. The molecule has 1 aliphatic rings. The lowest BCUT2D eigenvalue weighted by atomic mass is 9.98. The van der Waals surface area contributed by atoms with Gasteiger partial charge >= 0.3 is 0 Å². The van der Waals surface area contributed by atoms with E-state index in [1.54, 1.807) is 63.2 Å². The van der Waals surface area contributed by atoms with Gasteiger partial charge in [-0.15, -0.1) is 0 Å². The van der Waals surface area contributed by atoms with Crippen LogP contribution in [0.4, 0.5) is 4.39 Å². The number of ether oxygens (including phenoxy) is 1. The standard InChI is InChI=1S/C36H43FN4O5/c1-24-12-13-27(22-31(24)37)21-28-9-5-6-10-30(28)35(44)41-19-7-11-33(42)39-32(23-26-14-16-29(46-4)17-15-26)36(45)40(3)25(2)34(43)38-18-8-20-41/h5-6,9-10,12-17,22,25,32H,7-8,11,18-21,23H2,1-4H3,(H,38,43)(H,39,42)/t25-,32-/m0/s1. The van der Waals surface area contributed by atoms with Crippen LogP contribution in [0.3, 0.4) is 0 Å². The number of amides is 4. The predicted molar refractivity (Wildman–Crippen MR) is 174 cm³/mol. The van der Waals surface area contributed by atoms with Gasteiger partial charge in [-0.1, -0.05) is 42.5 Å². The Hall–Kier alpha value is -4.73. The summed E-state index contributed by atoms with van der Waals surface area (Å²) in [6, 6.07) is 17.9. The van der Waals surface area contributed by atoms with Crippen molar-refractivity contribution in [3.8, 4) is 5.75 Å². The van der Waals surface area contributed by atoms with E-state index < -0.39 is 12.1 Å². The third-order valence-electron chi connectivity index (χ3n) is 8.44. The van der Waals surface area contributed by atoms with E-state index in [4.69, 9.17) is 4.74 Å². The first-order chi connectivity index (χ1) is 22.1. The highest BCUT2D eigenvalue weighted by Crippen LogP contribution is 2.20. The van der Waals surface area contributed by atoms with Crippen LogP contribution in [-0.2, 0) is 27.2 Å². The van der Waals surface area contributed by atoms with Crippen molar-refractivity contribution >= 4 is 23.6 Å². The van der Waals surface area contributed by atoms with E-state index in [0.29, 0.717) is 55.8 Å². The number of aryl methyl sites for hydroxylation is 1. The smallest absolute Gasteiger partial charge is 0.254 e. The van der Waals surface area contributed by atoms with Crippen molar-refractivity contribution < 1.29 is 28.3 Å². The molecule has 2 atom stereocenters. The quantitative estimate of drug-likeness (QED) is 0.428. The van der Waals surface area contributed by atoms with Crippen LogP contribution >= 0.6 is 0 Å². The molecule has 2 N–H and O–H groups in total. The first-order valence-electron chi connectivity index (χ1n) is 15.7. The monoisotopic (exact) mass is 630 g/mol. The lowest BCUT2D eigenvalue weighted by molar-refractivity contribution is -0.141. The minimum absolute atomic E-state index is 0.108. The summed E-state index contributed by atoms with van der Waals surface area (Å²) in [4.78, 5) is 56.7. The maximum absolute atomic E-state index is 14.3. The number of benzene rings is 3. The van der Waals surface area contributed by atoms with Crippen molar-refractivity contribution in [2.45, 2.75) is 58.0 Å². The molecule has 3 aromatic carbocycles. The number of rotatable bonds is 6. The predicted octanol–water partition coefficient (Wildman–Crippen LogP) is 4.05. The van der Waals surface area contributed by atoms with Crippen molar-refractivity contribution in [2.75, 3.05) is 33.8 Å². The first-order valence-corrected chi connectivity index (χ1v) is 15.7. The third kappa shape index (κ3) is 8.93. The number of halogens is 1. The van der Waals surface area contributed by atoms with Crippen LogP contribution < -0.4 is 15.4 Å². The van der Waals surface area contributed by atoms with Gasteiger partial charge in [0, 0.05) is 45.1 Å². The van der Waals surface area contributed by atoms with Crippen molar-refractivity contribution in [3.05, 3.63) is 100 Å². The fraction of sp³-hybridized carbons (Fsp3) is 0.389. The zero-order valence-electron chi connectivity index (χ0n) is 27.0. The number of likely N-dealkylation sites (N-methyl/N-ethyl adjacent to an activating group) is 1. The van der Waals surface area contributed by atoms with E-state index in [0.717, 1.165) is 16.7 Å². The van der Waals surface area contributed by atoms with Crippen LogP contribution in [0, 0.1) is 12.7 Å². The molecule has 1 saturated heterocycles. The van der Waals surface area contributed by atoms with Gasteiger partial charge in [0.15, 0.2) is 0 Å². The fourth-order valence-electron chi connectivity index (χ4n) is 5.47. The van der Waals surface area contributed by atoms with Crippen LogP contribution in [0.1, 0.15) is 58.8 Å². The molecule has 0 aromatic heterocycles. The van der Waals surface area contributed by atoms with E-state index in [1.165, 1.54) is 11.0 Å². The molecule has 0 spiro atoms. The second-order valence-electron chi connectivity index (χ2n) is 11.8. The normalized spacial score (nSPS) is 18.7. The van der Waals surface area contributed by atoms with Gasteiger partial charge in [-0.3, -0.25) is 19.2 Å². The van der Waals surface area contributed by atoms with E-state index in [9.17, 15) is 23.6 Å². The van der Waals surface area contributed by atoms with Crippen LogP contribution in [0.2, 0.25) is 0 Å². The summed E-state index contributed by atoms with van der Waals surface area (Å²) in [5.41, 5.74) is 3.43. The highest BCUT2D eigenvalue weighted by atomic mass is 19.1. The average Bonchev–Trinajstić information content (AvgIpc) is 3.06. The third-order valence-corrected chi connectivity index (χ3v) is 8.44. The van der Waals surface area contributed by atoms with E-state index in [2.05, 4.69) is 10.6 Å². The largest absolute Gasteiger partial charge is 0.497 e. The van der Waals surface area contributed by atoms with E-state index >= 15 is 0 Å². The zero-order valence-corrected chi connectivity index (χ0v) is 27.0. The molecule has 1 fully saturated rings. The van der Waals surface area contributed by atoms with Crippen molar-refractivity contribution in [2.24, 2.45) is 0 Å². The number of hydrogen-bond acceptors (Lipinski definition) is 5. The second kappa shape index (κ2) is 16.0. The number of carbonyl (C=O) groups excluding carboxylic acids is 4. The van der Waals surface area contributed by atoms with Gasteiger partial charge in [0.1, 0.15) is 23.7 Å². The molecule has 1 aliphatic heterocycles. The number of nitrogens with zero attached hydrogens (tertiary/aromatic N) is 2. The van der Waals surface area contributed by atoms with Gasteiger partial charge in [0.05, 0.1) is 7.11 Å². The SMILES string of the molecule is COc1ccc(C[C@@H]2NC(=O)CCCN(C(=O)c3ccccc3Cc3ccc(C)c(F)c3)CCCNC(=O)[C@H](C)N(C)C2=O)cc1. The first kappa shape index (κ1) is 34.1. The minimum Gasteiger partial charge on any atom is -0.497 e. The van der Waals surface area contributed by atoms with Gasteiger partial charge in [-0.2, -0.15) is 0 Å². The summed E-state index contributed by atoms with van der Waals surface area (Å²) in [7, 11) is 3.13. The lowest BCUT2D eigenvalue weighted by Gasteiger charge is -2.29. The number of carbonyl (C=O) groups is 4. The van der Waals surface area contributed by atoms with Crippen LogP contribution in [-0.4, -0.2) is 79.3 Å². The topological polar surface area (TPSA) is 108 Å². The Bertz CT molecular complexity index is 1540. The van der Waals surface area contributed by atoms with E-state index in [-0.39, 0.29) is 42.3 Å². The summed E-state index contributed by atoms with van der Waals surface area (Å²) < 4.78 is 19.5. The van der Waals surface area contributed by atoms with Crippen molar-refractivity contribution in [1.82, 2.24) is 20.4 Å². The van der Waals surface area contributed by atoms with Gasteiger partial charge < -0.3 is 25.2 Å². The van der Waals surface area contributed by atoms with E-state index in [1.807, 2.05) is 30.3 Å². The van der Waals surface area contributed by atoms with Crippen LogP contribution in [0.5, 0.6) is 5.75 Å². The molecule has 1 heterocycles. The summed E-state index contributed by atoms with van der Waals surface area (Å²) in [5.74, 6) is -0.825. The van der Waals surface area contributed by atoms with Crippen LogP contribution in [0.25, 0.3) is 0 Å². The molecule has 9 nitrogen and oxygen atoms in total. The molecule has 46 heavy (non-hydrogen) atoms. The Balaban J connectivity index is 1.52. The molecule has 0 radical (unpaired) electrons. The number of nitrogens with one attached hydrogen (secondary N) is 2. The molecule has 4 amide bonds. The number of methoxy groups -OCH3 is 1. The molecule has 0 bridgehead atoms. The Morgan fingerprint density at radius 3 is 2.39 bits per heavy atom.